The summed E-state index contributed by atoms with van der Waals surface area (Å²) < 4.78 is 103. The van der Waals surface area contributed by atoms with Gasteiger partial charge < -0.3 is 214 Å². The van der Waals surface area contributed by atoms with Crippen molar-refractivity contribution in [2.24, 2.45) is 0 Å². The van der Waals surface area contributed by atoms with Crippen molar-refractivity contribution in [2.75, 3.05) is 39.6 Å². The molecule has 9 fully saturated rings. The standard InChI is InChI=1S/C62H104N4O43/c1-14-31(76)40(85)44(89)58(94-14)104-48-25(12-71)102-57(30(66-20(7)75)50(48)106-61-52(43(88)35(80)22(9-68)99-61)108-59-45(90)41(86)32(77)15(2)95-59)107-51-36(81)23(10-69)100-62(53(51)109-60-46(91)42(87)33(78)16(3)96-60)103-47-24(11-70)101-55(28(39(47)84)64-18(5)73)93-13-26-37(82)49(29(54(92)97-26)65-19(6)74)105-56-27(63-17(4)72)38(83)34(79)21(8-67)98-56/h14-16,21-62,67-71,76-92H,8-13H2,1-7H3,(H,63,72)(H,64,73)(H,65,74)(H,66,75)/t14-,15-,16-,21+,22+,23+,24+,25+,26+,27+,28+,29+,30+,31+,32+,33+,34+,35-,36-,37-,38+,39+,40+,41+,42+,43-,44-,45-,46+,47+,48+,49+,50+,51-,52+,53+,54-,55+,56-,57-,58-,59-,60-,61-,62-/m0/s1. The van der Waals surface area contributed by atoms with E-state index in [2.05, 4.69) is 21.3 Å². The number of carbonyl (C=O) groups excluding carboxylic acids is 4. The summed E-state index contributed by atoms with van der Waals surface area (Å²) in [5.41, 5.74) is 0. The van der Waals surface area contributed by atoms with Crippen LogP contribution < -0.4 is 21.3 Å². The van der Waals surface area contributed by atoms with Crippen LogP contribution in [-0.2, 0) is 99.7 Å². The molecule has 0 bridgehead atoms. The predicted molar refractivity (Wildman–Crippen MR) is 339 cm³/mol. The molecule has 9 rings (SSSR count). The van der Waals surface area contributed by atoms with Gasteiger partial charge in [-0.2, -0.15) is 0 Å². The number of ether oxygens (including phenoxy) is 17. The minimum atomic E-state index is -2.34. The molecule has 0 aliphatic carbocycles. The molecule has 47 heteroatoms. The van der Waals surface area contributed by atoms with E-state index in [-0.39, 0.29) is 0 Å². The van der Waals surface area contributed by atoms with Gasteiger partial charge in [-0.3, -0.25) is 19.2 Å². The average Bonchev–Trinajstić information content (AvgIpc) is 0.756. The van der Waals surface area contributed by atoms with Crippen LogP contribution in [0.25, 0.3) is 0 Å². The first kappa shape index (κ1) is 89.3. The summed E-state index contributed by atoms with van der Waals surface area (Å²) in [5, 5.41) is 256. The Bertz CT molecular complexity index is 2920. The maximum Gasteiger partial charge on any atom is 0.217 e. The Morgan fingerprint density at radius 2 is 0.587 bits per heavy atom. The molecule has 45 atom stereocenters. The smallest absolute Gasteiger partial charge is 0.217 e. The second-order valence-electron chi connectivity index (χ2n) is 28.1. The summed E-state index contributed by atoms with van der Waals surface area (Å²) in [5.74, 6) is -3.53. The number of carbonyl (C=O) groups is 4. The van der Waals surface area contributed by atoms with E-state index in [1.165, 1.54) is 20.8 Å². The highest BCUT2D eigenvalue weighted by molar-refractivity contribution is 5.74. The summed E-state index contributed by atoms with van der Waals surface area (Å²) in [7, 11) is 0. The van der Waals surface area contributed by atoms with E-state index in [9.17, 15) is 132 Å². The molecular formula is C62H104N4O43. The molecule has 0 saturated carbocycles. The van der Waals surface area contributed by atoms with Crippen LogP contribution in [0.3, 0.4) is 0 Å². The lowest BCUT2D eigenvalue weighted by molar-refractivity contribution is -0.410. The molecule has 0 aromatic rings. The summed E-state index contributed by atoms with van der Waals surface area (Å²) in [6, 6.07) is -7.29. The van der Waals surface area contributed by atoms with Crippen molar-refractivity contribution >= 4 is 23.6 Å². The molecule has 0 radical (unpaired) electrons. The maximum absolute atomic E-state index is 13.7. The molecule has 4 amide bonds. The van der Waals surface area contributed by atoms with Crippen LogP contribution in [0.2, 0.25) is 0 Å². The molecule has 0 aromatic heterocycles. The van der Waals surface area contributed by atoms with E-state index in [4.69, 9.17) is 80.5 Å². The van der Waals surface area contributed by atoms with E-state index >= 15 is 0 Å². The molecule has 0 unspecified atom stereocenters. The zero-order chi connectivity index (χ0) is 80.4. The first-order valence-electron chi connectivity index (χ1n) is 35.2. The van der Waals surface area contributed by atoms with E-state index in [0.717, 1.165) is 27.7 Å². The molecular weight excluding hydrogens is 1490 g/mol. The van der Waals surface area contributed by atoms with E-state index in [1.54, 1.807) is 0 Å². The quantitative estimate of drug-likeness (QED) is 0.0382. The minimum Gasteiger partial charge on any atom is -0.394 e. The number of nitrogens with one attached hydrogen (secondary N) is 4. The first-order valence-corrected chi connectivity index (χ1v) is 35.2. The molecule has 109 heavy (non-hydrogen) atoms. The first-order chi connectivity index (χ1) is 51.4. The van der Waals surface area contributed by atoms with Crippen molar-refractivity contribution in [2.45, 2.75) is 325 Å². The SMILES string of the molecule is CC(=O)N[C@@H]1[C@@H](O[C@@H]2O[C@H](CO)[C@@H](O)[C@H](O)[C@H]2NC(C)=O)[C@@H](O)[C@@H](CO[C@@H]2O[C@H](CO)[C@@H](O[C@@H]3O[C@H](CO)[C@H](O)[C@H](O[C@@H]4O[C@H](CO)[C@@H](O[C@@H]5O[C@@H](C)[C@@H](O)[C@@H](O)[C@@H]5O)[C@H](O[C@@H]5O[C@H](CO)[C@H](O)[C@H](O)[C@H]5O[C@@H]5O[C@@H](C)[C@@H](O)[C@@H](O)[C@@H]5O)[C@H]4NC(C)=O)[C@H]3O[C@@H]3O[C@@H](C)[C@@H](O)[C@@H](O)[C@H]3O)[C@H](O)[C@H]2NC(C)=O)O[C@@H]1O. The largest absolute Gasteiger partial charge is 0.394 e. The monoisotopic (exact) mass is 1590 g/mol. The Balaban J connectivity index is 1.06. The lowest BCUT2D eigenvalue weighted by atomic mass is 9.93. The van der Waals surface area contributed by atoms with E-state index in [0.29, 0.717) is 0 Å². The molecule has 0 spiro atoms. The van der Waals surface area contributed by atoms with E-state index < -0.39 is 339 Å². The molecule has 630 valence electrons. The zero-order valence-corrected chi connectivity index (χ0v) is 59.6. The lowest BCUT2D eigenvalue weighted by Gasteiger charge is -2.53. The van der Waals surface area contributed by atoms with Crippen molar-refractivity contribution in [3.8, 4) is 0 Å². The fourth-order valence-corrected chi connectivity index (χ4v) is 14.3. The Morgan fingerprint density at radius 1 is 0.257 bits per heavy atom. The molecule has 26 N–H and O–H groups in total. The second kappa shape index (κ2) is 38.4. The van der Waals surface area contributed by atoms with Gasteiger partial charge in [-0.15, -0.1) is 0 Å². The maximum atomic E-state index is 13.7. The number of hydrogen-bond donors (Lipinski definition) is 26. The summed E-state index contributed by atoms with van der Waals surface area (Å²) in [6.45, 7) is 1.14. The highest BCUT2D eigenvalue weighted by Gasteiger charge is 2.62. The summed E-state index contributed by atoms with van der Waals surface area (Å²) in [4.78, 5) is 51.7. The third-order valence-corrected chi connectivity index (χ3v) is 20.2. The molecule has 0 aromatic carbocycles. The van der Waals surface area contributed by atoms with Crippen molar-refractivity contribution < 1.29 is 212 Å². The Labute approximate surface area is 619 Å². The zero-order valence-electron chi connectivity index (χ0n) is 59.6. The van der Waals surface area contributed by atoms with Gasteiger partial charge in [-0.1, -0.05) is 0 Å². The minimum absolute atomic E-state index is 0.779. The number of aliphatic hydroxyl groups is 22. The van der Waals surface area contributed by atoms with Crippen LogP contribution in [0.5, 0.6) is 0 Å². The second-order valence-corrected chi connectivity index (χ2v) is 28.1. The number of aliphatic hydroxyl groups excluding tert-OH is 22. The van der Waals surface area contributed by atoms with Crippen LogP contribution in [0.4, 0.5) is 0 Å². The Morgan fingerprint density at radius 3 is 1.06 bits per heavy atom. The number of amides is 4. The number of rotatable bonds is 26. The van der Waals surface area contributed by atoms with Crippen LogP contribution in [0, 0.1) is 0 Å². The van der Waals surface area contributed by atoms with Crippen molar-refractivity contribution in [1.82, 2.24) is 21.3 Å². The highest BCUT2D eigenvalue weighted by atomic mass is 16.8. The molecule has 9 saturated heterocycles. The van der Waals surface area contributed by atoms with Gasteiger partial charge in [-0.05, 0) is 20.8 Å². The summed E-state index contributed by atoms with van der Waals surface area (Å²) in [6.07, 6.45) is -81.6. The highest BCUT2D eigenvalue weighted by Crippen LogP contribution is 2.41. The van der Waals surface area contributed by atoms with E-state index in [1.807, 2.05) is 0 Å². The fourth-order valence-electron chi connectivity index (χ4n) is 14.3. The van der Waals surface area contributed by atoms with Crippen LogP contribution in [-0.4, -0.2) is 452 Å². The van der Waals surface area contributed by atoms with Gasteiger partial charge >= 0.3 is 0 Å². The topological polar surface area (TPSA) is 718 Å². The normalized spacial score (nSPS) is 49.9. The third kappa shape index (κ3) is 19.7. The van der Waals surface area contributed by atoms with Crippen LogP contribution in [0.15, 0.2) is 0 Å². The number of hydrogen-bond acceptors (Lipinski definition) is 43. The van der Waals surface area contributed by atoms with Gasteiger partial charge in [-0.25, -0.2) is 0 Å². The summed E-state index contributed by atoms with van der Waals surface area (Å²) >= 11 is 0. The van der Waals surface area contributed by atoms with Gasteiger partial charge in [0.15, 0.2) is 56.6 Å². The van der Waals surface area contributed by atoms with Crippen LogP contribution in [0.1, 0.15) is 48.5 Å². The van der Waals surface area contributed by atoms with Crippen molar-refractivity contribution in [3.05, 3.63) is 0 Å². The molecule has 9 heterocycles. The average molecular weight is 1590 g/mol. The molecule has 9 aliphatic heterocycles. The van der Waals surface area contributed by atoms with Crippen molar-refractivity contribution in [1.29, 1.82) is 0 Å². The van der Waals surface area contributed by atoms with Crippen molar-refractivity contribution in [3.63, 3.8) is 0 Å². The fraction of sp³-hybridized carbons (Fsp3) is 0.935. The van der Waals surface area contributed by atoms with Crippen LogP contribution >= 0.6 is 0 Å². The molecule has 9 aliphatic rings. The van der Waals surface area contributed by atoms with Gasteiger partial charge in [0.2, 0.25) is 23.6 Å². The molecule has 47 nitrogen and oxygen atoms in total. The van der Waals surface area contributed by atoms with Gasteiger partial charge in [0.1, 0.15) is 201 Å². The lowest BCUT2D eigenvalue weighted by Crippen LogP contribution is -2.72. The Hall–Kier alpha value is -3.68. The third-order valence-electron chi connectivity index (χ3n) is 20.2. The van der Waals surface area contributed by atoms with Gasteiger partial charge in [0.05, 0.1) is 58.0 Å². The predicted octanol–water partition coefficient (Wildman–Crippen LogP) is -17.0. The van der Waals surface area contributed by atoms with Gasteiger partial charge in [0, 0.05) is 27.7 Å². The van der Waals surface area contributed by atoms with Gasteiger partial charge in [0.25, 0.3) is 0 Å². The Kier molecular flexibility index (Phi) is 31.4.